The second-order valence-electron chi connectivity index (χ2n) is 5.88. The molecule has 2 rings (SSSR count). The van der Waals surface area contributed by atoms with Crippen LogP contribution >= 0.6 is 23.2 Å². The maximum Gasteiger partial charge on any atom is 0.251 e. The molecule has 2 unspecified atom stereocenters. The Kier molecular flexibility index (Phi) is 4.71. The van der Waals surface area contributed by atoms with Crippen molar-refractivity contribution in [3.63, 3.8) is 0 Å². The molecule has 21 heavy (non-hydrogen) atoms. The number of nitrogens with two attached hydrogens (primary N) is 1. The minimum absolute atomic E-state index is 0.0663. The Balaban J connectivity index is 2.07. The second kappa shape index (κ2) is 6.03. The smallest absolute Gasteiger partial charge is 0.251 e. The highest BCUT2D eigenvalue weighted by Crippen LogP contribution is 2.43. The molecule has 1 aliphatic carbocycles. The third-order valence-corrected chi connectivity index (χ3v) is 4.82. The zero-order valence-corrected chi connectivity index (χ0v) is 13.9. The molecular weight excluding hydrogens is 311 g/mol. The summed E-state index contributed by atoms with van der Waals surface area (Å²) in [5, 5.41) is 3.58. The van der Waals surface area contributed by atoms with Crippen LogP contribution in [0.15, 0.2) is 12.1 Å². The average Bonchev–Trinajstić information content (AvgIpc) is 2.42. The highest BCUT2D eigenvalue weighted by Gasteiger charge is 2.49. The lowest BCUT2D eigenvalue weighted by Crippen LogP contribution is -2.62. The summed E-state index contributed by atoms with van der Waals surface area (Å²) in [4.78, 5) is 12.3. The van der Waals surface area contributed by atoms with Crippen LogP contribution in [0.1, 0.15) is 37.6 Å². The molecule has 1 fully saturated rings. The molecule has 1 amide bonds. The molecular formula is C15H20Cl2N2O2. The minimum Gasteiger partial charge on any atom is -0.396 e. The van der Waals surface area contributed by atoms with Gasteiger partial charge in [-0.05, 0) is 25.5 Å². The van der Waals surface area contributed by atoms with E-state index in [1.165, 1.54) is 12.1 Å². The van der Waals surface area contributed by atoms with E-state index in [4.69, 9.17) is 33.7 Å². The van der Waals surface area contributed by atoms with Crippen LogP contribution < -0.4 is 11.1 Å². The Bertz CT molecular complexity index is 538. The Morgan fingerprint density at radius 3 is 2.48 bits per heavy atom. The van der Waals surface area contributed by atoms with Crippen molar-refractivity contribution in [2.24, 2.45) is 5.41 Å². The number of hydrogen-bond acceptors (Lipinski definition) is 3. The van der Waals surface area contributed by atoms with Crippen LogP contribution in [0.2, 0.25) is 10.0 Å². The van der Waals surface area contributed by atoms with Crippen LogP contribution in [0.5, 0.6) is 0 Å². The lowest BCUT2D eigenvalue weighted by Gasteiger charge is -2.51. The van der Waals surface area contributed by atoms with E-state index in [0.717, 1.165) is 6.42 Å². The summed E-state index contributed by atoms with van der Waals surface area (Å²) >= 11 is 11.9. The standard InChI is InChI=1S/C15H20Cl2N2O2/c1-4-21-12-7-11(15(12,2)3)19-14(20)8-5-9(16)13(18)10(17)6-8/h5-6,11-12H,4,7,18H2,1-3H3,(H,19,20). The number of nitrogen functional groups attached to an aromatic ring is 1. The first-order valence-electron chi connectivity index (χ1n) is 6.94. The summed E-state index contributed by atoms with van der Waals surface area (Å²) in [6.07, 6.45) is 0.981. The van der Waals surface area contributed by atoms with E-state index in [-0.39, 0.29) is 39.2 Å². The lowest BCUT2D eigenvalue weighted by molar-refractivity contribution is -0.111. The van der Waals surface area contributed by atoms with Gasteiger partial charge in [0.2, 0.25) is 0 Å². The van der Waals surface area contributed by atoms with E-state index >= 15 is 0 Å². The molecule has 3 N–H and O–H groups in total. The first kappa shape index (κ1) is 16.4. The van der Waals surface area contributed by atoms with Crippen molar-refractivity contribution in [3.8, 4) is 0 Å². The van der Waals surface area contributed by atoms with Crippen molar-refractivity contribution in [1.82, 2.24) is 5.32 Å². The summed E-state index contributed by atoms with van der Waals surface area (Å²) in [6, 6.07) is 3.13. The highest BCUT2D eigenvalue weighted by molar-refractivity contribution is 6.39. The zero-order chi connectivity index (χ0) is 15.8. The van der Waals surface area contributed by atoms with E-state index in [1.54, 1.807) is 0 Å². The van der Waals surface area contributed by atoms with Crippen LogP contribution in [-0.4, -0.2) is 24.7 Å². The van der Waals surface area contributed by atoms with Gasteiger partial charge >= 0.3 is 0 Å². The topological polar surface area (TPSA) is 64.3 Å². The van der Waals surface area contributed by atoms with Gasteiger partial charge in [-0.3, -0.25) is 4.79 Å². The van der Waals surface area contributed by atoms with Crippen molar-refractivity contribution in [2.45, 2.75) is 39.3 Å². The Hall–Kier alpha value is -0.970. The summed E-state index contributed by atoms with van der Waals surface area (Å²) in [5.74, 6) is -0.202. The van der Waals surface area contributed by atoms with Gasteiger partial charge in [0, 0.05) is 23.6 Å². The van der Waals surface area contributed by atoms with E-state index in [9.17, 15) is 4.79 Å². The molecule has 0 aliphatic heterocycles. The van der Waals surface area contributed by atoms with Gasteiger partial charge in [0.05, 0.1) is 21.8 Å². The SMILES string of the molecule is CCOC1CC(NC(=O)c2cc(Cl)c(N)c(Cl)c2)C1(C)C. The van der Waals surface area contributed by atoms with Crippen molar-refractivity contribution < 1.29 is 9.53 Å². The number of anilines is 1. The number of amides is 1. The molecule has 4 nitrogen and oxygen atoms in total. The fourth-order valence-corrected chi connectivity index (χ4v) is 3.06. The Labute approximate surface area is 134 Å². The van der Waals surface area contributed by atoms with Crippen molar-refractivity contribution in [1.29, 1.82) is 0 Å². The highest BCUT2D eigenvalue weighted by atomic mass is 35.5. The molecule has 0 aromatic heterocycles. The fourth-order valence-electron chi connectivity index (χ4n) is 2.57. The summed E-state index contributed by atoms with van der Waals surface area (Å²) in [5.41, 5.74) is 6.28. The third-order valence-electron chi connectivity index (χ3n) is 4.19. The van der Waals surface area contributed by atoms with Crippen LogP contribution in [0, 0.1) is 5.41 Å². The Morgan fingerprint density at radius 2 is 2.00 bits per heavy atom. The van der Waals surface area contributed by atoms with Gasteiger partial charge in [0.1, 0.15) is 0 Å². The molecule has 0 heterocycles. The maximum absolute atomic E-state index is 12.3. The first-order chi connectivity index (χ1) is 9.77. The summed E-state index contributed by atoms with van der Waals surface area (Å²) in [7, 11) is 0. The first-order valence-corrected chi connectivity index (χ1v) is 7.70. The van der Waals surface area contributed by atoms with Crippen LogP contribution in [0.4, 0.5) is 5.69 Å². The number of halogens is 2. The number of hydrogen-bond donors (Lipinski definition) is 2. The van der Waals surface area contributed by atoms with E-state index in [1.807, 2.05) is 6.92 Å². The molecule has 2 atom stereocenters. The number of benzene rings is 1. The van der Waals surface area contributed by atoms with Gasteiger partial charge in [-0.2, -0.15) is 0 Å². The predicted octanol–water partition coefficient (Wildman–Crippen LogP) is 3.51. The summed E-state index contributed by atoms with van der Waals surface area (Å²) in [6.45, 7) is 6.83. The van der Waals surface area contributed by atoms with Crippen molar-refractivity contribution >= 4 is 34.8 Å². The second-order valence-corrected chi connectivity index (χ2v) is 6.70. The monoisotopic (exact) mass is 330 g/mol. The predicted molar refractivity (Wildman–Crippen MR) is 85.9 cm³/mol. The molecule has 6 heteroatoms. The molecule has 1 aromatic rings. The van der Waals surface area contributed by atoms with Crippen molar-refractivity contribution in [3.05, 3.63) is 27.7 Å². The van der Waals surface area contributed by atoms with Crippen LogP contribution in [-0.2, 0) is 4.74 Å². The molecule has 0 bridgehead atoms. The van der Waals surface area contributed by atoms with E-state index < -0.39 is 0 Å². The number of ether oxygens (including phenoxy) is 1. The molecule has 1 aromatic carbocycles. The number of rotatable bonds is 4. The van der Waals surface area contributed by atoms with Gasteiger partial charge in [-0.15, -0.1) is 0 Å². The third kappa shape index (κ3) is 3.12. The molecule has 116 valence electrons. The molecule has 0 radical (unpaired) electrons. The fraction of sp³-hybridized carbons (Fsp3) is 0.533. The van der Waals surface area contributed by atoms with E-state index in [2.05, 4.69) is 19.2 Å². The van der Waals surface area contributed by atoms with Crippen LogP contribution in [0.3, 0.4) is 0 Å². The van der Waals surface area contributed by atoms with Gasteiger partial charge in [0.25, 0.3) is 5.91 Å². The van der Waals surface area contributed by atoms with Gasteiger partial charge < -0.3 is 15.8 Å². The summed E-state index contributed by atoms with van der Waals surface area (Å²) < 4.78 is 5.65. The van der Waals surface area contributed by atoms with Gasteiger partial charge in [-0.25, -0.2) is 0 Å². The number of carbonyl (C=O) groups is 1. The molecule has 0 saturated heterocycles. The van der Waals surface area contributed by atoms with E-state index in [0.29, 0.717) is 12.2 Å². The normalized spacial score (nSPS) is 23.5. The quantitative estimate of drug-likeness (QED) is 0.830. The van der Waals surface area contributed by atoms with Gasteiger partial charge in [0.15, 0.2) is 0 Å². The molecule has 0 spiro atoms. The largest absolute Gasteiger partial charge is 0.396 e. The number of carbonyl (C=O) groups excluding carboxylic acids is 1. The van der Waals surface area contributed by atoms with Crippen molar-refractivity contribution in [2.75, 3.05) is 12.3 Å². The lowest BCUT2D eigenvalue weighted by atomic mass is 9.64. The molecule has 1 aliphatic rings. The molecule has 1 saturated carbocycles. The Morgan fingerprint density at radius 1 is 1.43 bits per heavy atom. The average molecular weight is 331 g/mol. The van der Waals surface area contributed by atoms with Gasteiger partial charge in [-0.1, -0.05) is 37.0 Å². The maximum atomic E-state index is 12.3. The zero-order valence-electron chi connectivity index (χ0n) is 12.4. The number of nitrogens with one attached hydrogen (secondary N) is 1. The van der Waals surface area contributed by atoms with Crippen LogP contribution in [0.25, 0.3) is 0 Å². The minimum atomic E-state index is -0.202.